The van der Waals surface area contributed by atoms with Crippen LogP contribution in [-0.2, 0) is 0 Å². The summed E-state index contributed by atoms with van der Waals surface area (Å²) < 4.78 is 12.7. The Labute approximate surface area is 219 Å². The Bertz CT molecular complexity index is 1320. The lowest BCUT2D eigenvalue weighted by molar-refractivity contribution is 0.168. The second-order valence-corrected chi connectivity index (χ2v) is 10.2. The van der Waals surface area contributed by atoms with E-state index in [-0.39, 0.29) is 11.9 Å². The molecule has 1 unspecified atom stereocenters. The van der Waals surface area contributed by atoms with Crippen molar-refractivity contribution in [2.75, 3.05) is 19.7 Å². The number of ether oxygens (including phenoxy) is 2. The van der Waals surface area contributed by atoms with Gasteiger partial charge in [-0.1, -0.05) is 37.6 Å². The first-order chi connectivity index (χ1) is 18.0. The van der Waals surface area contributed by atoms with Gasteiger partial charge in [0.05, 0.1) is 11.6 Å². The molecule has 3 aromatic rings. The molecule has 190 valence electrons. The summed E-state index contributed by atoms with van der Waals surface area (Å²) in [4.78, 5) is 2.53. The van der Waals surface area contributed by atoms with Gasteiger partial charge >= 0.3 is 0 Å². The molecule has 5 rings (SSSR count). The van der Waals surface area contributed by atoms with E-state index >= 15 is 0 Å². The Morgan fingerprint density at radius 2 is 1.86 bits per heavy atom. The van der Waals surface area contributed by atoms with Gasteiger partial charge in [-0.15, -0.1) is 0 Å². The zero-order valence-corrected chi connectivity index (χ0v) is 21.8. The van der Waals surface area contributed by atoms with Crippen molar-refractivity contribution in [1.82, 2.24) is 4.90 Å². The average Bonchev–Trinajstić information content (AvgIpc) is 3.42. The van der Waals surface area contributed by atoms with Gasteiger partial charge in [0.25, 0.3) is 0 Å². The molecule has 5 heteroatoms. The van der Waals surface area contributed by atoms with E-state index in [2.05, 4.69) is 43.9 Å². The Balaban J connectivity index is 1.38. The number of hydrogen-bond acceptors (Lipinski definition) is 5. The average molecular weight is 495 g/mol. The van der Waals surface area contributed by atoms with Crippen LogP contribution in [0.15, 0.2) is 66.7 Å². The molecule has 3 atom stereocenters. The molecule has 2 aliphatic rings. The molecule has 0 aliphatic carbocycles. The third kappa shape index (κ3) is 5.21. The SMILES string of the molecule is CC[C@@H]1CCN([C@@H](C)COc2ccc(C3Oc4ccc(O)cc4C(C)=C3c3ccc(C#N)cc3)cc2)C1. The molecule has 0 radical (unpaired) electrons. The highest BCUT2D eigenvalue weighted by molar-refractivity contribution is 5.95. The molecule has 1 saturated heterocycles. The third-order valence-corrected chi connectivity index (χ3v) is 7.80. The standard InChI is InChI=1S/C32H34N2O3/c1-4-23-15-16-34(19-23)21(2)20-36-28-12-9-26(10-13-28)32-31(25-7-5-24(18-33)6-8-25)22(3)29-17-27(35)11-14-30(29)37-32/h5-14,17,21,23,32,35H,4,15-16,19-20H2,1-3H3/t21-,23+,32?/m0/s1. The third-order valence-electron chi connectivity index (χ3n) is 7.80. The second-order valence-electron chi connectivity index (χ2n) is 10.2. The molecule has 0 saturated carbocycles. The van der Waals surface area contributed by atoms with E-state index in [1.54, 1.807) is 12.1 Å². The summed E-state index contributed by atoms with van der Waals surface area (Å²) in [6, 6.07) is 23.5. The van der Waals surface area contributed by atoms with Crippen molar-refractivity contribution in [1.29, 1.82) is 5.26 Å². The number of aromatic hydroxyl groups is 1. The fraction of sp³-hybridized carbons (Fsp3) is 0.344. The Morgan fingerprint density at radius 3 is 2.54 bits per heavy atom. The minimum absolute atomic E-state index is 0.203. The first-order valence-corrected chi connectivity index (χ1v) is 13.1. The number of nitriles is 1. The molecule has 0 bridgehead atoms. The van der Waals surface area contributed by atoms with E-state index in [1.165, 1.54) is 19.4 Å². The minimum Gasteiger partial charge on any atom is -0.508 e. The second kappa shape index (κ2) is 10.7. The smallest absolute Gasteiger partial charge is 0.150 e. The van der Waals surface area contributed by atoms with Crippen LogP contribution >= 0.6 is 0 Å². The van der Waals surface area contributed by atoms with Gasteiger partial charge in [0, 0.05) is 23.7 Å². The maximum atomic E-state index is 10.1. The molecule has 37 heavy (non-hydrogen) atoms. The van der Waals surface area contributed by atoms with Crippen molar-refractivity contribution in [2.45, 2.75) is 45.8 Å². The van der Waals surface area contributed by atoms with Crippen molar-refractivity contribution in [2.24, 2.45) is 5.92 Å². The predicted molar refractivity (Wildman–Crippen MR) is 146 cm³/mol. The van der Waals surface area contributed by atoms with Crippen LogP contribution in [0.5, 0.6) is 17.2 Å². The summed E-state index contributed by atoms with van der Waals surface area (Å²) in [6.45, 7) is 9.57. The number of phenolic OH excluding ortho intramolecular Hbond substituents is 1. The topological polar surface area (TPSA) is 65.7 Å². The summed E-state index contributed by atoms with van der Waals surface area (Å²) in [5.41, 5.74) is 5.55. The van der Waals surface area contributed by atoms with Crippen LogP contribution in [0.3, 0.4) is 0 Å². The highest BCUT2D eigenvalue weighted by Crippen LogP contribution is 2.47. The van der Waals surface area contributed by atoms with Crippen LogP contribution in [0.25, 0.3) is 11.1 Å². The van der Waals surface area contributed by atoms with Crippen molar-refractivity contribution in [3.05, 3.63) is 89.0 Å². The number of allylic oxidation sites excluding steroid dienone is 1. The number of phenols is 1. The lowest BCUT2D eigenvalue weighted by Gasteiger charge is -2.31. The van der Waals surface area contributed by atoms with Crippen LogP contribution in [0.1, 0.15) is 62.0 Å². The van der Waals surface area contributed by atoms with Gasteiger partial charge in [0.15, 0.2) is 0 Å². The fourth-order valence-electron chi connectivity index (χ4n) is 5.43. The number of hydrogen-bond donors (Lipinski definition) is 1. The predicted octanol–water partition coefficient (Wildman–Crippen LogP) is 6.83. The van der Waals surface area contributed by atoms with E-state index in [1.807, 2.05) is 42.5 Å². The largest absolute Gasteiger partial charge is 0.508 e. The zero-order valence-electron chi connectivity index (χ0n) is 21.8. The Hall–Kier alpha value is -3.75. The van der Waals surface area contributed by atoms with Gasteiger partial charge in [-0.05, 0) is 91.9 Å². The molecule has 3 aromatic carbocycles. The van der Waals surface area contributed by atoms with Crippen LogP contribution in [0, 0.1) is 17.2 Å². The number of likely N-dealkylation sites (tertiary alicyclic amines) is 1. The van der Waals surface area contributed by atoms with Gasteiger partial charge in [-0.2, -0.15) is 5.26 Å². The molecule has 1 N–H and O–H groups in total. The number of rotatable bonds is 7. The molecule has 0 aromatic heterocycles. The van der Waals surface area contributed by atoms with Crippen molar-refractivity contribution in [3.8, 4) is 23.3 Å². The van der Waals surface area contributed by atoms with E-state index in [0.717, 1.165) is 51.8 Å². The Kier molecular flexibility index (Phi) is 7.21. The van der Waals surface area contributed by atoms with Crippen molar-refractivity contribution < 1.29 is 14.6 Å². The van der Waals surface area contributed by atoms with Crippen LogP contribution in [0.2, 0.25) is 0 Å². The number of nitrogens with zero attached hydrogens (tertiary/aromatic N) is 2. The summed E-state index contributed by atoms with van der Waals surface area (Å²) in [6.07, 6.45) is 2.21. The van der Waals surface area contributed by atoms with Gasteiger partial charge in [-0.3, -0.25) is 4.90 Å². The van der Waals surface area contributed by atoms with E-state index < -0.39 is 0 Å². The molecular formula is C32H34N2O3. The Morgan fingerprint density at radius 1 is 1.11 bits per heavy atom. The summed E-state index contributed by atoms with van der Waals surface area (Å²) in [5, 5.41) is 19.3. The first-order valence-electron chi connectivity index (χ1n) is 13.1. The highest BCUT2D eigenvalue weighted by Gasteiger charge is 2.30. The molecule has 5 nitrogen and oxygen atoms in total. The number of benzene rings is 3. The zero-order chi connectivity index (χ0) is 25.9. The lowest BCUT2D eigenvalue weighted by Crippen LogP contribution is -2.35. The van der Waals surface area contributed by atoms with Crippen LogP contribution < -0.4 is 9.47 Å². The molecule has 2 heterocycles. The van der Waals surface area contributed by atoms with Crippen LogP contribution in [-0.4, -0.2) is 35.7 Å². The quantitative estimate of drug-likeness (QED) is 0.390. The monoisotopic (exact) mass is 494 g/mol. The molecule has 0 amide bonds. The maximum absolute atomic E-state index is 10.1. The summed E-state index contributed by atoms with van der Waals surface area (Å²) >= 11 is 0. The molecular weight excluding hydrogens is 460 g/mol. The normalized spacial score (nSPS) is 20.2. The summed E-state index contributed by atoms with van der Waals surface area (Å²) in [5.74, 6) is 2.61. The minimum atomic E-state index is -0.325. The fourth-order valence-corrected chi connectivity index (χ4v) is 5.43. The van der Waals surface area contributed by atoms with Gasteiger partial charge in [0.2, 0.25) is 0 Å². The van der Waals surface area contributed by atoms with Gasteiger partial charge < -0.3 is 14.6 Å². The molecule has 2 aliphatic heterocycles. The van der Waals surface area contributed by atoms with E-state index in [4.69, 9.17) is 9.47 Å². The van der Waals surface area contributed by atoms with E-state index in [0.29, 0.717) is 18.2 Å². The summed E-state index contributed by atoms with van der Waals surface area (Å²) in [7, 11) is 0. The molecule has 1 fully saturated rings. The highest BCUT2D eigenvalue weighted by atomic mass is 16.5. The lowest BCUT2D eigenvalue weighted by atomic mass is 9.86. The maximum Gasteiger partial charge on any atom is 0.150 e. The van der Waals surface area contributed by atoms with Crippen molar-refractivity contribution in [3.63, 3.8) is 0 Å². The molecule has 0 spiro atoms. The van der Waals surface area contributed by atoms with E-state index in [9.17, 15) is 10.4 Å². The van der Waals surface area contributed by atoms with Gasteiger partial charge in [0.1, 0.15) is 30.0 Å². The first kappa shape index (κ1) is 24.9. The number of fused-ring (bicyclic) bond motifs is 1. The van der Waals surface area contributed by atoms with Crippen LogP contribution in [0.4, 0.5) is 0 Å². The van der Waals surface area contributed by atoms with Crippen molar-refractivity contribution >= 4 is 11.1 Å². The van der Waals surface area contributed by atoms with Gasteiger partial charge in [-0.25, -0.2) is 0 Å².